The second kappa shape index (κ2) is 8.11. The van der Waals surface area contributed by atoms with Gasteiger partial charge in [0.05, 0.1) is 17.7 Å². The molecule has 5 heteroatoms. The van der Waals surface area contributed by atoms with E-state index in [-0.39, 0.29) is 0 Å². The van der Waals surface area contributed by atoms with Gasteiger partial charge in [0.1, 0.15) is 0 Å². The summed E-state index contributed by atoms with van der Waals surface area (Å²) >= 11 is 1.69. The zero-order chi connectivity index (χ0) is 16.8. The first-order valence-electron chi connectivity index (χ1n) is 8.35. The van der Waals surface area contributed by atoms with Gasteiger partial charge in [-0.05, 0) is 25.3 Å². The molecule has 1 saturated heterocycles. The summed E-state index contributed by atoms with van der Waals surface area (Å²) in [7, 11) is 1.86. The summed E-state index contributed by atoms with van der Waals surface area (Å²) in [5.41, 5.74) is 5.82. The lowest BCUT2D eigenvalue weighted by Crippen LogP contribution is -2.44. The van der Waals surface area contributed by atoms with E-state index in [9.17, 15) is 0 Å². The second-order valence-corrected chi connectivity index (χ2v) is 6.90. The summed E-state index contributed by atoms with van der Waals surface area (Å²) < 4.78 is 0. The van der Waals surface area contributed by atoms with Crippen molar-refractivity contribution >= 4 is 23.4 Å². The molecule has 1 aromatic heterocycles. The minimum Gasteiger partial charge on any atom is -0.351 e. The van der Waals surface area contributed by atoms with Crippen molar-refractivity contribution in [3.8, 4) is 0 Å². The molecule has 0 unspecified atom stereocenters. The maximum atomic E-state index is 4.45. The monoisotopic (exact) mass is 340 g/mol. The standard InChI is InChI=1S/C19H24N4S/c1-15-18(24-14-22-15)13-21-19(20-2)23-10-8-17(9-11-23)12-16-6-4-3-5-7-16/h3-7,12,14H,8-11,13H2,1-2H3,(H,20,21). The second-order valence-electron chi connectivity index (χ2n) is 5.96. The van der Waals surface area contributed by atoms with Gasteiger partial charge in [-0.15, -0.1) is 11.3 Å². The van der Waals surface area contributed by atoms with Crippen molar-refractivity contribution in [1.82, 2.24) is 15.2 Å². The molecule has 1 aliphatic heterocycles. The lowest BCUT2D eigenvalue weighted by molar-refractivity contribution is 0.375. The Morgan fingerprint density at radius 1 is 1.29 bits per heavy atom. The number of guanidine groups is 1. The van der Waals surface area contributed by atoms with Crippen LogP contribution >= 0.6 is 11.3 Å². The third-order valence-electron chi connectivity index (χ3n) is 4.34. The highest BCUT2D eigenvalue weighted by Gasteiger charge is 2.17. The van der Waals surface area contributed by atoms with Crippen LogP contribution in [0, 0.1) is 6.92 Å². The zero-order valence-corrected chi connectivity index (χ0v) is 15.1. The van der Waals surface area contributed by atoms with Crippen LogP contribution in [0.15, 0.2) is 46.4 Å². The molecule has 3 rings (SSSR count). The Morgan fingerprint density at radius 2 is 2.04 bits per heavy atom. The smallest absolute Gasteiger partial charge is 0.193 e. The van der Waals surface area contributed by atoms with E-state index in [0.717, 1.165) is 44.1 Å². The Morgan fingerprint density at radius 3 is 2.67 bits per heavy atom. The van der Waals surface area contributed by atoms with Crippen molar-refractivity contribution in [2.45, 2.75) is 26.3 Å². The molecular weight excluding hydrogens is 316 g/mol. The number of likely N-dealkylation sites (tertiary alicyclic amines) is 1. The highest BCUT2D eigenvalue weighted by atomic mass is 32.1. The molecule has 0 atom stereocenters. The molecule has 2 aromatic rings. The van der Waals surface area contributed by atoms with Crippen LogP contribution in [0.5, 0.6) is 0 Å². The van der Waals surface area contributed by atoms with E-state index in [4.69, 9.17) is 0 Å². The number of hydrogen-bond acceptors (Lipinski definition) is 3. The van der Waals surface area contributed by atoms with Crippen molar-refractivity contribution in [3.63, 3.8) is 0 Å². The van der Waals surface area contributed by atoms with Gasteiger partial charge in [0.25, 0.3) is 0 Å². The predicted octanol–water partition coefficient (Wildman–Crippen LogP) is 3.71. The largest absolute Gasteiger partial charge is 0.351 e. The van der Waals surface area contributed by atoms with Crippen LogP contribution in [-0.2, 0) is 6.54 Å². The Kier molecular flexibility index (Phi) is 5.64. The highest BCUT2D eigenvalue weighted by molar-refractivity contribution is 7.09. The number of nitrogens with one attached hydrogen (secondary N) is 1. The fraction of sp³-hybridized carbons (Fsp3) is 0.368. The Balaban J connectivity index is 1.55. The lowest BCUT2D eigenvalue weighted by atomic mass is 10.0. The van der Waals surface area contributed by atoms with Crippen molar-refractivity contribution in [1.29, 1.82) is 0 Å². The molecule has 1 fully saturated rings. The zero-order valence-electron chi connectivity index (χ0n) is 14.3. The Labute approximate surface area is 148 Å². The van der Waals surface area contributed by atoms with Crippen molar-refractivity contribution in [2.75, 3.05) is 20.1 Å². The molecule has 0 bridgehead atoms. The lowest BCUT2D eigenvalue weighted by Gasteiger charge is -2.31. The molecule has 0 amide bonds. The van der Waals surface area contributed by atoms with Gasteiger partial charge >= 0.3 is 0 Å². The molecule has 0 spiro atoms. The summed E-state index contributed by atoms with van der Waals surface area (Å²) in [6.45, 7) is 4.88. The van der Waals surface area contributed by atoms with Crippen LogP contribution in [-0.4, -0.2) is 36.0 Å². The van der Waals surface area contributed by atoms with Crippen molar-refractivity contribution < 1.29 is 0 Å². The number of thiazole rings is 1. The van der Waals surface area contributed by atoms with E-state index < -0.39 is 0 Å². The van der Waals surface area contributed by atoms with E-state index in [2.05, 4.69) is 63.5 Å². The summed E-state index contributed by atoms with van der Waals surface area (Å²) in [6.07, 6.45) is 4.51. The van der Waals surface area contributed by atoms with Crippen LogP contribution in [0.3, 0.4) is 0 Å². The SMILES string of the molecule is CN=C(NCc1scnc1C)N1CCC(=Cc2ccccc2)CC1. The van der Waals surface area contributed by atoms with Crippen LogP contribution < -0.4 is 5.32 Å². The number of nitrogens with zero attached hydrogens (tertiary/aromatic N) is 3. The minimum absolute atomic E-state index is 0.798. The van der Waals surface area contributed by atoms with E-state index in [1.165, 1.54) is 16.0 Å². The average Bonchev–Trinajstić information content (AvgIpc) is 3.03. The number of aryl methyl sites for hydroxylation is 1. The quantitative estimate of drug-likeness (QED) is 0.684. The maximum Gasteiger partial charge on any atom is 0.193 e. The molecule has 0 radical (unpaired) electrons. The number of rotatable bonds is 3. The fourth-order valence-corrected chi connectivity index (χ4v) is 3.64. The molecular formula is C19H24N4S. The number of benzene rings is 1. The molecule has 1 N–H and O–H groups in total. The van der Waals surface area contributed by atoms with Crippen molar-refractivity contribution in [2.24, 2.45) is 4.99 Å². The molecule has 24 heavy (non-hydrogen) atoms. The molecule has 1 aliphatic rings. The Hall–Kier alpha value is -2.14. The predicted molar refractivity (Wildman–Crippen MR) is 102 cm³/mol. The third kappa shape index (κ3) is 4.23. The molecule has 0 aliphatic carbocycles. The van der Waals surface area contributed by atoms with E-state index in [1.54, 1.807) is 11.3 Å². The van der Waals surface area contributed by atoms with Gasteiger partial charge in [-0.3, -0.25) is 4.99 Å². The van der Waals surface area contributed by atoms with Crippen LogP contribution in [0.4, 0.5) is 0 Å². The van der Waals surface area contributed by atoms with Gasteiger partial charge in [-0.2, -0.15) is 0 Å². The summed E-state index contributed by atoms with van der Waals surface area (Å²) in [5, 5.41) is 3.47. The Bertz CT molecular complexity index is 708. The van der Waals surface area contributed by atoms with Crippen molar-refractivity contribution in [3.05, 3.63) is 57.6 Å². The van der Waals surface area contributed by atoms with Gasteiger partial charge in [0.15, 0.2) is 5.96 Å². The molecule has 4 nitrogen and oxygen atoms in total. The van der Waals surface area contributed by atoms with Crippen LogP contribution in [0.2, 0.25) is 0 Å². The summed E-state index contributed by atoms with van der Waals surface area (Å²) in [6, 6.07) is 10.6. The minimum atomic E-state index is 0.798. The van der Waals surface area contributed by atoms with Gasteiger partial charge in [0.2, 0.25) is 0 Å². The van der Waals surface area contributed by atoms with Crippen LogP contribution in [0.25, 0.3) is 6.08 Å². The summed E-state index contributed by atoms with van der Waals surface area (Å²) in [4.78, 5) is 12.4. The van der Waals surface area contributed by atoms with Gasteiger partial charge in [0, 0.05) is 25.0 Å². The molecule has 2 heterocycles. The van der Waals surface area contributed by atoms with Gasteiger partial charge < -0.3 is 10.2 Å². The van der Waals surface area contributed by atoms with Crippen LogP contribution in [0.1, 0.15) is 29.0 Å². The van der Waals surface area contributed by atoms with E-state index >= 15 is 0 Å². The normalized spacial score (nSPS) is 15.5. The highest BCUT2D eigenvalue weighted by Crippen LogP contribution is 2.20. The van der Waals surface area contributed by atoms with Gasteiger partial charge in [-0.1, -0.05) is 42.0 Å². The fourth-order valence-electron chi connectivity index (χ4n) is 2.92. The number of piperidine rings is 1. The third-order valence-corrected chi connectivity index (χ3v) is 5.27. The first kappa shape index (κ1) is 16.7. The van der Waals surface area contributed by atoms with E-state index in [0.29, 0.717) is 0 Å². The topological polar surface area (TPSA) is 40.5 Å². The first-order chi connectivity index (χ1) is 11.8. The maximum absolute atomic E-state index is 4.45. The molecule has 126 valence electrons. The summed E-state index contributed by atoms with van der Waals surface area (Å²) in [5.74, 6) is 0.988. The van der Waals surface area contributed by atoms with E-state index in [1.807, 2.05) is 12.6 Å². The molecule has 1 aromatic carbocycles. The number of aromatic nitrogens is 1. The first-order valence-corrected chi connectivity index (χ1v) is 9.23. The average molecular weight is 340 g/mol. The number of aliphatic imine (C=N–C) groups is 1. The van der Waals surface area contributed by atoms with Gasteiger partial charge in [-0.25, -0.2) is 4.98 Å². The number of hydrogen-bond donors (Lipinski definition) is 1. The molecule has 0 saturated carbocycles.